The fourth-order valence-electron chi connectivity index (χ4n) is 8.17. The van der Waals surface area contributed by atoms with Gasteiger partial charge in [0.1, 0.15) is 5.82 Å². The van der Waals surface area contributed by atoms with E-state index in [0.29, 0.717) is 0 Å². The van der Waals surface area contributed by atoms with Gasteiger partial charge in [-0.3, -0.25) is 4.90 Å². The normalized spacial score (nSPS) is 13.0. The summed E-state index contributed by atoms with van der Waals surface area (Å²) in [5.41, 5.74) is 12.9. The van der Waals surface area contributed by atoms with E-state index >= 15 is 0 Å². The number of fused-ring (bicyclic) bond motifs is 9. The zero-order valence-electron chi connectivity index (χ0n) is 32.0. The van der Waals surface area contributed by atoms with Gasteiger partial charge < -0.3 is 9.97 Å². The monoisotopic (exact) mass is 897 g/mol. The third-order valence-corrected chi connectivity index (χ3v) is 11.2. The Morgan fingerprint density at radius 2 is 1.31 bits per heavy atom. The summed E-state index contributed by atoms with van der Waals surface area (Å²) < 4.78 is 2.11. The molecule has 0 saturated carbocycles. The van der Waals surface area contributed by atoms with Crippen LogP contribution < -0.4 is 14.9 Å². The summed E-state index contributed by atoms with van der Waals surface area (Å²) in [4.78, 5) is 18.1. The maximum Gasteiger partial charge on any atom is 2.00 e. The van der Waals surface area contributed by atoms with E-state index in [1.165, 1.54) is 33.0 Å². The van der Waals surface area contributed by atoms with Crippen molar-refractivity contribution in [1.82, 2.24) is 24.7 Å². The van der Waals surface area contributed by atoms with Crippen molar-refractivity contribution >= 4 is 60.9 Å². The topological polar surface area (TPSA) is 62.2 Å². The molecule has 0 spiro atoms. The van der Waals surface area contributed by atoms with Crippen molar-refractivity contribution in [2.75, 3.05) is 4.90 Å². The van der Waals surface area contributed by atoms with E-state index in [2.05, 4.69) is 172 Å². The molecule has 5 aromatic carbocycles. The van der Waals surface area contributed by atoms with E-state index in [4.69, 9.17) is 20.1 Å². The van der Waals surface area contributed by atoms with Crippen molar-refractivity contribution in [2.45, 2.75) is 65.2 Å². The summed E-state index contributed by atoms with van der Waals surface area (Å²) in [7, 11) is 0. The van der Waals surface area contributed by atoms with Crippen molar-refractivity contribution in [3.05, 3.63) is 144 Å². The second-order valence-electron chi connectivity index (χ2n) is 16.8. The first-order chi connectivity index (χ1) is 26.0. The van der Waals surface area contributed by atoms with Gasteiger partial charge in [-0.1, -0.05) is 132 Å². The Bertz CT molecular complexity index is 2920. The summed E-state index contributed by atoms with van der Waals surface area (Å²) in [6.07, 6.45) is 1.90. The molecule has 1 aliphatic carbocycles. The quantitative estimate of drug-likeness (QED) is 0.176. The second kappa shape index (κ2) is 12.8. The SMILES string of the molecule is CC(C)(C)c1ccc2[n-]c3c(-n4nc(N(c5ccccc5)c5ccc6c(n5)-c5[n-]c7ccccc7c5CC6)c5ccccc54)cc(C(C)(C)C)cc3c2c1.[Pt+2]. The van der Waals surface area contributed by atoms with Gasteiger partial charge in [0, 0.05) is 11.1 Å². The van der Waals surface area contributed by atoms with Gasteiger partial charge in [0.2, 0.25) is 0 Å². The Morgan fingerprint density at radius 3 is 2.09 bits per heavy atom. The number of benzene rings is 5. The van der Waals surface area contributed by atoms with Crippen LogP contribution in [-0.4, -0.2) is 14.8 Å². The molecule has 7 heteroatoms. The van der Waals surface area contributed by atoms with Gasteiger partial charge in [0.15, 0.2) is 5.82 Å². The largest absolute Gasteiger partial charge is 2.00 e. The van der Waals surface area contributed by atoms with Crippen LogP contribution in [-0.2, 0) is 44.7 Å². The summed E-state index contributed by atoms with van der Waals surface area (Å²) in [6, 6.07) is 43.2. The van der Waals surface area contributed by atoms with Crippen molar-refractivity contribution in [3.63, 3.8) is 0 Å². The molecule has 0 fully saturated rings. The van der Waals surface area contributed by atoms with Crippen LogP contribution in [0.5, 0.6) is 0 Å². The maximum atomic E-state index is 5.55. The van der Waals surface area contributed by atoms with Crippen LogP contribution in [0.4, 0.5) is 17.3 Å². The van der Waals surface area contributed by atoms with E-state index < -0.39 is 0 Å². The third kappa shape index (κ3) is 5.73. The molecule has 0 bridgehead atoms. The van der Waals surface area contributed by atoms with E-state index in [-0.39, 0.29) is 31.9 Å². The average molecular weight is 898 g/mol. The Labute approximate surface area is 335 Å². The van der Waals surface area contributed by atoms with Crippen molar-refractivity contribution in [2.24, 2.45) is 0 Å². The molecule has 6 nitrogen and oxygen atoms in total. The van der Waals surface area contributed by atoms with Crippen LogP contribution in [0, 0.1) is 0 Å². The Balaban J connectivity index is 0.00000397. The molecule has 274 valence electrons. The predicted octanol–water partition coefficient (Wildman–Crippen LogP) is 11.6. The van der Waals surface area contributed by atoms with Crippen molar-refractivity contribution in [3.8, 4) is 17.1 Å². The number of para-hydroxylation sites is 3. The molecule has 0 radical (unpaired) electrons. The van der Waals surface area contributed by atoms with E-state index in [9.17, 15) is 0 Å². The van der Waals surface area contributed by atoms with Crippen LogP contribution >= 0.6 is 0 Å². The van der Waals surface area contributed by atoms with E-state index in [1.807, 2.05) is 0 Å². The molecule has 9 aromatic rings. The molecule has 55 heavy (non-hydrogen) atoms. The van der Waals surface area contributed by atoms with Gasteiger partial charge in [-0.25, -0.2) is 9.67 Å². The third-order valence-electron chi connectivity index (χ3n) is 11.2. The zero-order valence-corrected chi connectivity index (χ0v) is 34.2. The fraction of sp³-hybridized carbons (Fsp3) is 0.208. The molecular formula is C48H42N6Pt. The number of aromatic nitrogens is 5. The van der Waals surface area contributed by atoms with Gasteiger partial charge in [0.25, 0.3) is 0 Å². The molecule has 0 amide bonds. The molecule has 0 aliphatic heterocycles. The summed E-state index contributed by atoms with van der Waals surface area (Å²) >= 11 is 0. The fourth-order valence-corrected chi connectivity index (χ4v) is 8.17. The van der Waals surface area contributed by atoms with Crippen molar-refractivity contribution < 1.29 is 21.1 Å². The Kier molecular flexibility index (Phi) is 8.22. The van der Waals surface area contributed by atoms with Gasteiger partial charge in [0.05, 0.1) is 16.9 Å². The minimum Gasteiger partial charge on any atom is -0.655 e. The molecule has 0 atom stereocenters. The van der Waals surface area contributed by atoms with Crippen LogP contribution in [0.1, 0.15) is 63.8 Å². The zero-order chi connectivity index (χ0) is 36.9. The number of aryl methyl sites for hydroxylation is 2. The molecule has 10 rings (SSSR count). The number of hydrogen-bond donors (Lipinski definition) is 0. The summed E-state index contributed by atoms with van der Waals surface area (Å²) in [6.45, 7) is 13.6. The summed E-state index contributed by atoms with van der Waals surface area (Å²) in [5, 5.41) is 10.1. The van der Waals surface area contributed by atoms with Crippen LogP contribution in [0.25, 0.3) is 60.7 Å². The van der Waals surface area contributed by atoms with Crippen molar-refractivity contribution in [1.29, 1.82) is 0 Å². The number of hydrogen-bond acceptors (Lipinski definition) is 3. The second-order valence-corrected chi connectivity index (χ2v) is 16.8. The first-order valence-corrected chi connectivity index (χ1v) is 19.0. The van der Waals surface area contributed by atoms with E-state index in [1.54, 1.807) is 0 Å². The summed E-state index contributed by atoms with van der Waals surface area (Å²) in [5.74, 6) is 1.61. The maximum absolute atomic E-state index is 5.55. The van der Waals surface area contributed by atoms with Crippen LogP contribution in [0.3, 0.4) is 0 Å². The first kappa shape index (κ1) is 35.3. The van der Waals surface area contributed by atoms with Gasteiger partial charge in [-0.05, 0) is 92.9 Å². The number of rotatable bonds is 4. The first-order valence-electron chi connectivity index (χ1n) is 19.0. The van der Waals surface area contributed by atoms with E-state index in [0.717, 1.165) is 80.1 Å². The van der Waals surface area contributed by atoms with Gasteiger partial charge in [-0.2, -0.15) is 0 Å². The smallest absolute Gasteiger partial charge is 0.655 e. The standard InChI is InChI=1S/C48H42N6.Pt/c1-47(2,3)30-22-24-39-36(26-30)37-27-31(48(4,5)6)28-41(44(37)49-39)54-40-19-13-11-17-35(40)46(52-54)53(32-14-8-7-9-15-32)42-25-21-29-20-23-34-33-16-10-12-18-38(33)50-45(34)43(29)51-42;/h7-19,21-22,24-28H,20,23H2,1-6H3;/q-2;+2. The molecular weight excluding hydrogens is 856 g/mol. The van der Waals surface area contributed by atoms with Crippen LogP contribution in [0.15, 0.2) is 121 Å². The van der Waals surface area contributed by atoms with Crippen LogP contribution in [0.2, 0.25) is 0 Å². The average Bonchev–Trinajstić information content (AvgIpc) is 3.86. The number of anilines is 3. The Morgan fingerprint density at radius 1 is 0.618 bits per heavy atom. The molecule has 4 aromatic heterocycles. The minimum absolute atomic E-state index is 0. The number of pyridine rings is 1. The predicted molar refractivity (Wildman–Crippen MR) is 223 cm³/mol. The van der Waals surface area contributed by atoms with Gasteiger partial charge >= 0.3 is 21.1 Å². The number of nitrogens with zero attached hydrogens (tertiary/aromatic N) is 6. The van der Waals surface area contributed by atoms with Gasteiger partial charge in [-0.15, -0.1) is 27.3 Å². The minimum atomic E-state index is -0.0957. The Hall–Kier alpha value is -5.45. The molecule has 0 N–H and O–H groups in total. The molecule has 1 aliphatic rings. The molecule has 0 saturated heterocycles. The molecule has 4 heterocycles. The molecule has 0 unspecified atom stereocenters.